The number of aromatic amines is 3. The van der Waals surface area contributed by atoms with Crippen molar-refractivity contribution in [2.75, 3.05) is 0 Å². The second kappa shape index (κ2) is 11.6. The molecule has 0 amide bonds. The third-order valence-electron chi connectivity index (χ3n) is 9.28. The maximum absolute atomic E-state index is 11.6. The van der Waals surface area contributed by atoms with Gasteiger partial charge in [-0.15, -0.1) is 0 Å². The molecule has 0 saturated carbocycles. The molecular formula is C34H42N4O4. The van der Waals surface area contributed by atoms with Crippen LogP contribution in [0.4, 0.5) is 0 Å². The monoisotopic (exact) mass is 570 g/mol. The number of nitrogens with one attached hydrogen (secondary N) is 4. The Labute approximate surface area is 246 Å². The Morgan fingerprint density at radius 1 is 0.690 bits per heavy atom. The van der Waals surface area contributed by atoms with Gasteiger partial charge in [-0.25, -0.2) is 0 Å². The number of hydrogen-bond acceptors (Lipinski definition) is 3. The van der Waals surface area contributed by atoms with Crippen molar-refractivity contribution in [1.82, 2.24) is 20.3 Å². The van der Waals surface area contributed by atoms with E-state index >= 15 is 0 Å². The Hall–Kier alpha value is -4.20. The Morgan fingerprint density at radius 3 is 1.88 bits per heavy atom. The van der Waals surface area contributed by atoms with Crippen LogP contribution in [0.1, 0.15) is 96.2 Å². The average molecular weight is 571 g/mol. The molecule has 0 aliphatic carbocycles. The summed E-state index contributed by atoms with van der Waals surface area (Å²) in [5, 5.41) is 24.7. The predicted octanol–water partition coefficient (Wildman–Crippen LogP) is 4.81. The van der Waals surface area contributed by atoms with Crippen LogP contribution in [0.15, 0.2) is 11.4 Å². The van der Waals surface area contributed by atoms with Crippen molar-refractivity contribution in [3.8, 4) is 0 Å². The highest BCUT2D eigenvalue weighted by Gasteiger charge is 2.33. The molecule has 2 atom stereocenters. The number of carboxylic acids is 2. The molecule has 2 unspecified atom stereocenters. The van der Waals surface area contributed by atoms with Crippen molar-refractivity contribution >= 4 is 36.2 Å². The molecule has 42 heavy (non-hydrogen) atoms. The largest absolute Gasteiger partial charge is 0.481 e. The van der Waals surface area contributed by atoms with Crippen LogP contribution >= 0.6 is 0 Å². The summed E-state index contributed by atoms with van der Waals surface area (Å²) < 4.78 is 0. The highest BCUT2D eigenvalue weighted by atomic mass is 16.4. The van der Waals surface area contributed by atoms with Gasteiger partial charge in [0.2, 0.25) is 0 Å². The molecule has 8 bridgehead atoms. The zero-order chi connectivity index (χ0) is 30.3. The first-order valence-corrected chi connectivity index (χ1v) is 15.0. The summed E-state index contributed by atoms with van der Waals surface area (Å²) in [5.74, 6) is -1.59. The minimum Gasteiger partial charge on any atom is -0.481 e. The highest BCUT2D eigenvalue weighted by molar-refractivity contribution is 5.71. The van der Waals surface area contributed by atoms with Gasteiger partial charge in [0.15, 0.2) is 0 Å². The van der Waals surface area contributed by atoms with E-state index in [0.717, 1.165) is 68.8 Å². The van der Waals surface area contributed by atoms with E-state index in [2.05, 4.69) is 79.2 Å². The molecule has 1 fully saturated rings. The summed E-state index contributed by atoms with van der Waals surface area (Å²) in [7, 11) is 0. The van der Waals surface area contributed by atoms with Gasteiger partial charge >= 0.3 is 11.9 Å². The topological polar surface area (TPSA) is 134 Å². The molecule has 6 N–H and O–H groups in total. The fourth-order valence-corrected chi connectivity index (χ4v) is 6.76. The summed E-state index contributed by atoms with van der Waals surface area (Å²) in [4.78, 5) is 34.1. The van der Waals surface area contributed by atoms with Crippen LogP contribution in [-0.2, 0) is 28.9 Å². The third-order valence-corrected chi connectivity index (χ3v) is 9.28. The predicted molar refractivity (Wildman–Crippen MR) is 166 cm³/mol. The Morgan fingerprint density at radius 2 is 1.26 bits per heavy atom. The van der Waals surface area contributed by atoms with Gasteiger partial charge in [0.1, 0.15) is 0 Å². The molecule has 0 radical (unpaired) electrons. The van der Waals surface area contributed by atoms with Gasteiger partial charge in [-0.1, -0.05) is 20.8 Å². The van der Waals surface area contributed by atoms with E-state index < -0.39 is 11.9 Å². The van der Waals surface area contributed by atoms with Crippen LogP contribution in [0, 0.1) is 32.6 Å². The van der Waals surface area contributed by atoms with Crippen LogP contribution < -0.4 is 16.0 Å². The summed E-state index contributed by atoms with van der Waals surface area (Å²) >= 11 is 0. The molecule has 222 valence electrons. The van der Waals surface area contributed by atoms with Crippen molar-refractivity contribution in [3.05, 3.63) is 78.2 Å². The van der Waals surface area contributed by atoms with Crippen molar-refractivity contribution in [3.63, 3.8) is 0 Å². The van der Waals surface area contributed by atoms with Gasteiger partial charge in [-0.05, 0) is 104 Å². The SMILES string of the molecule is CCc1c2[nH]c(c1C)/C=c1\[nH]/c(c(C)c1CC)=C\c1[nH]c(c(CCC(=O)O)c1C)/C=C1\N/C(=C\2)C(C)C1CCC(=O)O. The molecule has 5 rings (SSSR count). The number of carbonyl (C=O) groups is 2. The zero-order valence-corrected chi connectivity index (χ0v) is 25.4. The number of allylic oxidation sites excluding steroid dienone is 2. The van der Waals surface area contributed by atoms with Gasteiger partial charge < -0.3 is 30.5 Å². The molecule has 3 aromatic rings. The fraction of sp³-hybridized carbons (Fsp3) is 0.412. The van der Waals surface area contributed by atoms with Gasteiger partial charge in [0, 0.05) is 69.5 Å². The molecule has 8 heteroatoms. The minimum absolute atomic E-state index is 0.0153. The highest BCUT2D eigenvalue weighted by Crippen LogP contribution is 2.39. The number of aromatic nitrogens is 3. The average Bonchev–Trinajstić information content (AvgIpc) is 3.59. The number of rotatable bonds is 8. The molecule has 3 aromatic heterocycles. The smallest absolute Gasteiger partial charge is 0.303 e. The van der Waals surface area contributed by atoms with E-state index in [1.807, 2.05) is 6.92 Å². The van der Waals surface area contributed by atoms with Gasteiger partial charge in [0.05, 0.1) is 0 Å². The summed E-state index contributed by atoms with van der Waals surface area (Å²) in [6.07, 6.45) is 11.4. The number of H-pyrrole nitrogens is 3. The Balaban J connectivity index is 1.81. The number of carboxylic acid groups (broad SMARTS) is 2. The van der Waals surface area contributed by atoms with Gasteiger partial charge in [0.25, 0.3) is 0 Å². The zero-order valence-electron chi connectivity index (χ0n) is 25.4. The maximum atomic E-state index is 11.6. The van der Waals surface area contributed by atoms with Crippen molar-refractivity contribution in [1.29, 1.82) is 0 Å². The number of aliphatic carboxylic acids is 2. The van der Waals surface area contributed by atoms with E-state index in [1.54, 1.807) is 0 Å². The summed E-state index contributed by atoms with van der Waals surface area (Å²) in [6, 6.07) is 0. The molecule has 2 aliphatic heterocycles. The van der Waals surface area contributed by atoms with Crippen LogP contribution in [0.5, 0.6) is 0 Å². The van der Waals surface area contributed by atoms with Crippen LogP contribution in [-0.4, -0.2) is 37.1 Å². The van der Waals surface area contributed by atoms with E-state index in [4.69, 9.17) is 0 Å². The molecule has 2 aliphatic rings. The van der Waals surface area contributed by atoms with E-state index in [-0.39, 0.29) is 24.7 Å². The Kier molecular flexibility index (Phi) is 8.08. The van der Waals surface area contributed by atoms with Gasteiger partial charge in [-0.2, -0.15) is 0 Å². The van der Waals surface area contributed by atoms with Crippen molar-refractivity contribution in [2.24, 2.45) is 11.8 Å². The lowest BCUT2D eigenvalue weighted by Gasteiger charge is -2.14. The second-order valence-corrected chi connectivity index (χ2v) is 11.7. The van der Waals surface area contributed by atoms with Gasteiger partial charge in [-0.3, -0.25) is 9.59 Å². The number of fused-ring (bicyclic) bond motifs is 8. The quantitative estimate of drug-likeness (QED) is 0.231. The first-order valence-electron chi connectivity index (χ1n) is 15.0. The van der Waals surface area contributed by atoms with E-state index in [9.17, 15) is 19.8 Å². The Bertz CT molecular complexity index is 1740. The molecule has 1 saturated heterocycles. The summed E-state index contributed by atoms with van der Waals surface area (Å²) in [6.45, 7) is 12.8. The molecule has 5 heterocycles. The lowest BCUT2D eigenvalue weighted by atomic mass is 9.88. The van der Waals surface area contributed by atoms with Crippen molar-refractivity contribution < 1.29 is 19.8 Å². The fourth-order valence-electron chi connectivity index (χ4n) is 6.76. The van der Waals surface area contributed by atoms with E-state index in [0.29, 0.717) is 12.8 Å². The second-order valence-electron chi connectivity index (χ2n) is 11.7. The van der Waals surface area contributed by atoms with Crippen LogP contribution in [0.25, 0.3) is 24.3 Å². The number of hydrogen-bond donors (Lipinski definition) is 6. The normalized spacial score (nSPS) is 21.8. The van der Waals surface area contributed by atoms with E-state index in [1.165, 1.54) is 22.3 Å². The lowest BCUT2D eigenvalue weighted by molar-refractivity contribution is -0.138. The molecular weight excluding hydrogens is 528 g/mol. The lowest BCUT2D eigenvalue weighted by Crippen LogP contribution is -2.12. The van der Waals surface area contributed by atoms with Crippen LogP contribution in [0.2, 0.25) is 0 Å². The molecule has 0 spiro atoms. The van der Waals surface area contributed by atoms with Crippen LogP contribution in [0.3, 0.4) is 0 Å². The third kappa shape index (κ3) is 5.38. The first kappa shape index (κ1) is 29.3. The molecule has 8 nitrogen and oxygen atoms in total. The maximum Gasteiger partial charge on any atom is 0.303 e. The molecule has 0 aromatic carbocycles. The standard InChI is InChI=1S/C34H42N4O4/c1-7-21-17(3)25-13-26-19(5)23(9-11-33(39)40)31(37-26)16-32-24(10-12-34(41)42)20(6)28(38-32)15-30-22(8-2)18(4)27(36-30)14-29(21)35-25/h13-16,20,24,35-38H,7-12H2,1-6H3,(H,39,40)(H,41,42)/b25-13-,28-15-,29-14-,32-16-. The first-order chi connectivity index (χ1) is 20.0. The summed E-state index contributed by atoms with van der Waals surface area (Å²) in [5.41, 5.74) is 12.9. The minimum atomic E-state index is -0.838. The van der Waals surface area contributed by atoms with Crippen molar-refractivity contribution in [2.45, 2.75) is 80.1 Å².